The molecular formula is C42H38ClN3O2. The smallest absolute Gasteiger partial charge is 0.251 e. The van der Waals surface area contributed by atoms with Crippen molar-refractivity contribution < 1.29 is 9.53 Å². The summed E-state index contributed by atoms with van der Waals surface area (Å²) in [6.07, 6.45) is 4.25. The summed E-state index contributed by atoms with van der Waals surface area (Å²) in [5.74, 6) is 0.297. The van der Waals surface area contributed by atoms with Crippen molar-refractivity contribution in [3.63, 3.8) is 0 Å². The summed E-state index contributed by atoms with van der Waals surface area (Å²) in [6.45, 7) is 3.87. The van der Waals surface area contributed by atoms with Crippen molar-refractivity contribution >= 4 is 28.4 Å². The predicted octanol–water partition coefficient (Wildman–Crippen LogP) is 9.29. The second-order valence-corrected chi connectivity index (χ2v) is 12.8. The number of fused-ring (bicyclic) bond motifs is 1. The number of halogens is 1. The minimum absolute atomic E-state index is 0.135. The minimum atomic E-state index is -0.245. The molecule has 2 heterocycles. The van der Waals surface area contributed by atoms with Gasteiger partial charge in [0.2, 0.25) is 0 Å². The first-order valence-corrected chi connectivity index (χ1v) is 17.0. The van der Waals surface area contributed by atoms with E-state index in [2.05, 4.69) is 46.6 Å². The zero-order valence-electron chi connectivity index (χ0n) is 26.8. The SMILES string of the molecule is O=C(NCC(c1cccc(CN2CCCC2)c1)c1cc(Cl)c2cccnc2c1OCc1ccccc1)c1ccc(-c2ccccc2)cc1. The average molecular weight is 652 g/mol. The molecule has 1 atom stereocenters. The first-order valence-electron chi connectivity index (χ1n) is 16.6. The average Bonchev–Trinajstić information content (AvgIpc) is 3.65. The fourth-order valence-electron chi connectivity index (χ4n) is 6.59. The summed E-state index contributed by atoms with van der Waals surface area (Å²) >= 11 is 6.96. The van der Waals surface area contributed by atoms with Crippen LogP contribution in [-0.2, 0) is 13.2 Å². The monoisotopic (exact) mass is 651 g/mol. The van der Waals surface area contributed by atoms with E-state index >= 15 is 0 Å². The van der Waals surface area contributed by atoms with Gasteiger partial charge in [0.1, 0.15) is 17.9 Å². The lowest BCUT2D eigenvalue weighted by Crippen LogP contribution is -2.29. The Morgan fingerprint density at radius 3 is 2.27 bits per heavy atom. The normalized spacial score (nSPS) is 13.8. The molecule has 1 aliphatic heterocycles. The molecule has 6 heteroatoms. The third-order valence-corrected chi connectivity index (χ3v) is 9.42. The van der Waals surface area contributed by atoms with Crippen molar-refractivity contribution in [3.05, 3.63) is 166 Å². The lowest BCUT2D eigenvalue weighted by Gasteiger charge is -2.24. The molecule has 0 saturated carbocycles. The maximum atomic E-state index is 13.6. The van der Waals surface area contributed by atoms with Gasteiger partial charge in [-0.3, -0.25) is 14.7 Å². The third-order valence-electron chi connectivity index (χ3n) is 9.11. The van der Waals surface area contributed by atoms with E-state index in [4.69, 9.17) is 21.3 Å². The van der Waals surface area contributed by atoms with Crippen LogP contribution in [0.25, 0.3) is 22.0 Å². The number of likely N-dealkylation sites (tertiary alicyclic amines) is 1. The van der Waals surface area contributed by atoms with E-state index in [1.165, 1.54) is 18.4 Å². The number of hydrogen-bond acceptors (Lipinski definition) is 4. The number of amides is 1. The molecule has 1 fully saturated rings. The Kier molecular flexibility index (Phi) is 9.78. The first kappa shape index (κ1) is 31.6. The molecule has 7 rings (SSSR count). The van der Waals surface area contributed by atoms with E-state index in [0.717, 1.165) is 52.8 Å². The van der Waals surface area contributed by atoms with Gasteiger partial charge >= 0.3 is 0 Å². The van der Waals surface area contributed by atoms with Crippen LogP contribution in [0.15, 0.2) is 134 Å². The Morgan fingerprint density at radius 1 is 0.792 bits per heavy atom. The third kappa shape index (κ3) is 7.28. The maximum absolute atomic E-state index is 13.6. The van der Waals surface area contributed by atoms with Crippen LogP contribution in [0.5, 0.6) is 5.75 Å². The van der Waals surface area contributed by atoms with Crippen LogP contribution in [0.1, 0.15) is 51.4 Å². The number of rotatable bonds is 11. The van der Waals surface area contributed by atoms with Gasteiger partial charge in [-0.05, 0) is 84.1 Å². The highest BCUT2D eigenvalue weighted by Gasteiger charge is 2.25. The van der Waals surface area contributed by atoms with Crippen molar-refractivity contribution in [1.29, 1.82) is 0 Å². The predicted molar refractivity (Wildman–Crippen MR) is 195 cm³/mol. The standard InChI is InChI=1S/C42H38ClN3O2/c43-39-26-37(41(40-36(39)17-10-22-44-40)48-29-30-11-3-1-4-12-30)38(35-16-9-13-31(25-35)28-46-23-7-8-24-46)27-45-42(47)34-20-18-33(19-21-34)32-14-5-2-6-15-32/h1-6,9-22,25-26,38H,7-8,23-24,27-29H2,(H,45,47). The van der Waals surface area contributed by atoms with Crippen molar-refractivity contribution in [3.8, 4) is 16.9 Å². The molecule has 0 spiro atoms. The van der Waals surface area contributed by atoms with E-state index in [9.17, 15) is 4.79 Å². The van der Waals surface area contributed by atoms with Crippen LogP contribution >= 0.6 is 11.6 Å². The molecule has 1 unspecified atom stereocenters. The first-order chi connectivity index (χ1) is 23.6. The van der Waals surface area contributed by atoms with Gasteiger partial charge in [0, 0.05) is 41.7 Å². The summed E-state index contributed by atoms with van der Waals surface area (Å²) in [5, 5.41) is 4.68. The van der Waals surface area contributed by atoms with Crippen molar-refractivity contribution in [1.82, 2.24) is 15.2 Å². The highest BCUT2D eigenvalue weighted by Crippen LogP contribution is 2.41. The Labute approximate surface area is 287 Å². The fourth-order valence-corrected chi connectivity index (χ4v) is 6.86. The molecule has 1 amide bonds. The maximum Gasteiger partial charge on any atom is 0.251 e. The molecule has 1 N–H and O–H groups in total. The number of nitrogens with one attached hydrogen (secondary N) is 1. The topological polar surface area (TPSA) is 54.5 Å². The Hall–Kier alpha value is -4.97. The number of aromatic nitrogens is 1. The molecule has 0 radical (unpaired) electrons. The molecule has 1 aliphatic rings. The summed E-state index contributed by atoms with van der Waals surface area (Å²) in [5.41, 5.74) is 7.77. The van der Waals surface area contributed by atoms with Gasteiger partial charge < -0.3 is 10.1 Å². The number of pyridine rings is 1. The molecule has 240 valence electrons. The van der Waals surface area contributed by atoms with E-state index in [1.54, 1.807) is 6.20 Å². The largest absolute Gasteiger partial charge is 0.486 e. The lowest BCUT2D eigenvalue weighted by molar-refractivity contribution is 0.0952. The van der Waals surface area contributed by atoms with E-state index in [0.29, 0.717) is 35.0 Å². The highest BCUT2D eigenvalue weighted by molar-refractivity contribution is 6.35. The number of carbonyl (C=O) groups is 1. The molecule has 48 heavy (non-hydrogen) atoms. The van der Waals surface area contributed by atoms with Gasteiger partial charge in [-0.2, -0.15) is 0 Å². The van der Waals surface area contributed by atoms with Crippen molar-refractivity contribution in [2.45, 2.75) is 31.9 Å². The number of benzene rings is 5. The summed E-state index contributed by atoms with van der Waals surface area (Å²) in [4.78, 5) is 20.9. The molecule has 5 aromatic carbocycles. The minimum Gasteiger partial charge on any atom is -0.486 e. The lowest BCUT2D eigenvalue weighted by atomic mass is 9.88. The zero-order valence-corrected chi connectivity index (χ0v) is 27.6. The molecule has 1 aromatic heterocycles. The molecule has 5 nitrogen and oxygen atoms in total. The van der Waals surface area contributed by atoms with E-state index in [1.807, 2.05) is 91.0 Å². The van der Waals surface area contributed by atoms with Crippen molar-refractivity contribution in [2.24, 2.45) is 0 Å². The van der Waals surface area contributed by atoms with E-state index in [-0.39, 0.29) is 11.8 Å². The van der Waals surface area contributed by atoms with Gasteiger partial charge in [-0.1, -0.05) is 109 Å². The molecule has 1 saturated heterocycles. The van der Waals surface area contributed by atoms with Crippen LogP contribution in [0.3, 0.4) is 0 Å². The van der Waals surface area contributed by atoms with Crippen molar-refractivity contribution in [2.75, 3.05) is 19.6 Å². The number of hydrogen-bond donors (Lipinski definition) is 1. The van der Waals surface area contributed by atoms with Crippen LogP contribution in [-0.4, -0.2) is 35.4 Å². The van der Waals surface area contributed by atoms with E-state index < -0.39 is 0 Å². The molecular weight excluding hydrogens is 614 g/mol. The van der Waals surface area contributed by atoms with Gasteiger partial charge in [0.05, 0.1) is 5.02 Å². The fraction of sp³-hybridized carbons (Fsp3) is 0.190. The molecule has 0 bridgehead atoms. The number of carbonyl (C=O) groups excluding carboxylic acids is 1. The summed E-state index contributed by atoms with van der Waals surface area (Å²) in [6, 6.07) is 42.6. The summed E-state index contributed by atoms with van der Waals surface area (Å²) in [7, 11) is 0. The van der Waals surface area contributed by atoms with Gasteiger partial charge in [0.25, 0.3) is 5.91 Å². The van der Waals surface area contributed by atoms with Crippen LogP contribution in [0.4, 0.5) is 0 Å². The number of nitrogens with zero attached hydrogens (tertiary/aromatic N) is 2. The Balaban J connectivity index is 1.24. The zero-order chi connectivity index (χ0) is 32.7. The Morgan fingerprint density at radius 2 is 1.50 bits per heavy atom. The van der Waals surface area contributed by atoms with Gasteiger partial charge in [-0.15, -0.1) is 0 Å². The second kappa shape index (κ2) is 14.8. The van der Waals surface area contributed by atoms with Gasteiger partial charge in [-0.25, -0.2) is 0 Å². The quantitative estimate of drug-likeness (QED) is 0.152. The second-order valence-electron chi connectivity index (χ2n) is 12.4. The molecule has 6 aromatic rings. The van der Waals surface area contributed by atoms with Crippen LogP contribution in [0, 0.1) is 0 Å². The number of ether oxygens (including phenoxy) is 1. The van der Waals surface area contributed by atoms with Gasteiger partial charge in [0.15, 0.2) is 0 Å². The summed E-state index contributed by atoms with van der Waals surface area (Å²) < 4.78 is 6.64. The van der Waals surface area contributed by atoms with Crippen LogP contribution < -0.4 is 10.1 Å². The molecule has 0 aliphatic carbocycles. The highest BCUT2D eigenvalue weighted by atomic mass is 35.5. The van der Waals surface area contributed by atoms with Crippen LogP contribution in [0.2, 0.25) is 5.02 Å². The Bertz CT molecular complexity index is 1990.